The highest BCUT2D eigenvalue weighted by Crippen LogP contribution is 2.10. The van der Waals surface area contributed by atoms with Crippen molar-refractivity contribution in [1.82, 2.24) is 0 Å². The summed E-state index contributed by atoms with van der Waals surface area (Å²) in [5.41, 5.74) is 15.2. The number of allylic oxidation sites excluding steroid dienone is 5. The Hall–Kier alpha value is -2.67. The van der Waals surface area contributed by atoms with E-state index in [-0.39, 0.29) is 17.7 Å². The number of hydrogen-bond donors (Lipinski definition) is 3. The molecule has 7 nitrogen and oxygen atoms in total. The van der Waals surface area contributed by atoms with Gasteiger partial charge in [0.1, 0.15) is 11.5 Å². The topological polar surface area (TPSA) is 134 Å². The summed E-state index contributed by atoms with van der Waals surface area (Å²) in [7, 11) is 1.50. The normalized spacial score (nSPS) is 8.54. The molecule has 7 heteroatoms. The SMILES string of the molecule is C=CC(C=C)=C(/C=C\C)OC(C)=O.CC(=O)CCN=C(N)N.CN. The van der Waals surface area contributed by atoms with Gasteiger partial charge in [-0.3, -0.25) is 14.6 Å². The molecule has 0 amide bonds. The molecule has 0 atom stereocenters. The first-order valence-corrected chi connectivity index (χ1v) is 7.21. The molecule has 0 aromatic rings. The lowest BCUT2D eigenvalue weighted by Crippen LogP contribution is -2.23. The molecule has 0 rings (SSSR count). The van der Waals surface area contributed by atoms with Gasteiger partial charge in [-0.2, -0.15) is 0 Å². The maximum atomic E-state index is 10.7. The second-order valence-corrected chi connectivity index (χ2v) is 4.08. The summed E-state index contributed by atoms with van der Waals surface area (Å²) in [6.45, 7) is 12.3. The van der Waals surface area contributed by atoms with E-state index in [1.165, 1.54) is 20.9 Å². The van der Waals surface area contributed by atoms with Gasteiger partial charge in [-0.1, -0.05) is 31.4 Å². The van der Waals surface area contributed by atoms with Gasteiger partial charge in [0.15, 0.2) is 5.96 Å². The summed E-state index contributed by atoms with van der Waals surface area (Å²) in [6.07, 6.45) is 7.07. The molecule has 0 bridgehead atoms. The average molecular weight is 338 g/mol. The number of Topliss-reactive ketones (excluding diaryl/α,β-unsaturated/α-hetero) is 1. The molecule has 0 aliphatic rings. The predicted molar refractivity (Wildman–Crippen MR) is 100 cm³/mol. The lowest BCUT2D eigenvalue weighted by molar-refractivity contribution is -0.136. The number of ether oxygens (including phenoxy) is 1. The molecule has 0 heterocycles. The van der Waals surface area contributed by atoms with Crippen LogP contribution < -0.4 is 17.2 Å². The standard InChI is InChI=1S/C11H14O2.C5H11N3O.CH5N/c1-5-8-11(13-9(4)12)10(6-2)7-3;1-4(9)2-3-8-5(6)7;1-2/h5-8H,2-3H2,1,4H3;2-3H2,1H3,(H4,6,7,8);2H2,1H3/b8-5-;;. The molecule has 0 fully saturated rings. The van der Waals surface area contributed by atoms with E-state index in [1.54, 1.807) is 24.3 Å². The Labute approximate surface area is 144 Å². The molecule has 136 valence electrons. The molecular formula is C17H30N4O3. The largest absolute Gasteiger partial charge is 0.426 e. The van der Waals surface area contributed by atoms with Gasteiger partial charge in [0.2, 0.25) is 0 Å². The molecule has 0 spiro atoms. The number of carbonyl (C=O) groups excluding carboxylic acids is 2. The van der Waals surface area contributed by atoms with Gasteiger partial charge >= 0.3 is 5.97 Å². The van der Waals surface area contributed by atoms with Gasteiger partial charge in [0.25, 0.3) is 0 Å². The third-order valence-corrected chi connectivity index (χ3v) is 2.05. The summed E-state index contributed by atoms with van der Waals surface area (Å²) in [6, 6.07) is 0. The van der Waals surface area contributed by atoms with Gasteiger partial charge in [-0.05, 0) is 27.0 Å². The first-order valence-electron chi connectivity index (χ1n) is 7.21. The van der Waals surface area contributed by atoms with Crippen molar-refractivity contribution >= 4 is 17.7 Å². The molecule has 0 unspecified atom stereocenters. The number of aliphatic imine (C=N–C) groups is 1. The second-order valence-electron chi connectivity index (χ2n) is 4.08. The minimum Gasteiger partial charge on any atom is -0.426 e. The van der Waals surface area contributed by atoms with Crippen LogP contribution in [0.3, 0.4) is 0 Å². The van der Waals surface area contributed by atoms with Crippen LogP contribution >= 0.6 is 0 Å². The Morgan fingerprint density at radius 1 is 1.12 bits per heavy atom. The highest BCUT2D eigenvalue weighted by Gasteiger charge is 2.01. The molecule has 0 saturated heterocycles. The summed E-state index contributed by atoms with van der Waals surface area (Å²) in [5, 5.41) is 0. The minimum atomic E-state index is -0.352. The first kappa shape index (κ1) is 26.2. The van der Waals surface area contributed by atoms with Crippen LogP contribution in [0.2, 0.25) is 0 Å². The van der Waals surface area contributed by atoms with E-state index in [9.17, 15) is 9.59 Å². The van der Waals surface area contributed by atoms with E-state index in [4.69, 9.17) is 16.2 Å². The van der Waals surface area contributed by atoms with Gasteiger partial charge in [0.05, 0.1) is 0 Å². The van der Waals surface area contributed by atoms with Crippen molar-refractivity contribution in [2.45, 2.75) is 27.2 Å². The van der Waals surface area contributed by atoms with E-state index in [0.717, 1.165) is 0 Å². The Bertz CT molecular complexity index is 478. The zero-order valence-electron chi connectivity index (χ0n) is 15.0. The van der Waals surface area contributed by atoms with Crippen LogP contribution in [0.25, 0.3) is 0 Å². The molecule has 0 aromatic carbocycles. The molecule has 0 aromatic heterocycles. The summed E-state index contributed by atoms with van der Waals surface area (Å²) in [5.74, 6) is 0.255. The number of guanidine groups is 1. The smallest absolute Gasteiger partial charge is 0.308 e. The van der Waals surface area contributed by atoms with Crippen molar-refractivity contribution in [3.63, 3.8) is 0 Å². The average Bonchev–Trinajstić information content (AvgIpc) is 2.50. The van der Waals surface area contributed by atoms with Crippen LogP contribution in [-0.2, 0) is 14.3 Å². The first-order chi connectivity index (χ1) is 11.3. The molecule has 0 saturated carbocycles. The maximum Gasteiger partial charge on any atom is 0.308 e. The van der Waals surface area contributed by atoms with E-state index >= 15 is 0 Å². The Morgan fingerprint density at radius 3 is 1.92 bits per heavy atom. The molecule has 0 radical (unpaired) electrons. The van der Waals surface area contributed by atoms with Crippen molar-refractivity contribution in [1.29, 1.82) is 0 Å². The van der Waals surface area contributed by atoms with Crippen molar-refractivity contribution < 1.29 is 14.3 Å². The van der Waals surface area contributed by atoms with Crippen molar-refractivity contribution in [2.75, 3.05) is 13.6 Å². The number of nitrogens with zero attached hydrogens (tertiary/aromatic N) is 1. The Kier molecular flexibility index (Phi) is 20.1. The third kappa shape index (κ3) is 19.3. The van der Waals surface area contributed by atoms with Gasteiger partial charge in [-0.25, -0.2) is 0 Å². The molecule has 0 aliphatic heterocycles. The third-order valence-electron chi connectivity index (χ3n) is 2.05. The quantitative estimate of drug-likeness (QED) is 0.212. The zero-order chi connectivity index (χ0) is 19.5. The fraction of sp³-hybridized carbons (Fsp3) is 0.353. The van der Waals surface area contributed by atoms with Crippen molar-refractivity contribution in [2.24, 2.45) is 22.2 Å². The van der Waals surface area contributed by atoms with Crippen LogP contribution in [0.15, 0.2) is 53.8 Å². The number of esters is 1. The highest BCUT2D eigenvalue weighted by atomic mass is 16.5. The van der Waals surface area contributed by atoms with Gasteiger partial charge in [0, 0.05) is 25.5 Å². The molecule has 0 aliphatic carbocycles. The molecule has 24 heavy (non-hydrogen) atoms. The minimum absolute atomic E-state index is 0.0382. The second kappa shape index (κ2) is 18.4. The predicted octanol–water partition coefficient (Wildman–Crippen LogP) is 1.57. The van der Waals surface area contributed by atoms with Gasteiger partial charge in [-0.15, -0.1) is 0 Å². The lowest BCUT2D eigenvalue weighted by Gasteiger charge is -2.04. The van der Waals surface area contributed by atoms with Crippen LogP contribution in [0.4, 0.5) is 0 Å². The number of nitrogens with two attached hydrogens (primary N) is 3. The van der Waals surface area contributed by atoms with Crippen LogP contribution in [-0.4, -0.2) is 31.3 Å². The van der Waals surface area contributed by atoms with E-state index in [0.29, 0.717) is 24.3 Å². The van der Waals surface area contributed by atoms with E-state index in [2.05, 4.69) is 23.9 Å². The monoisotopic (exact) mass is 338 g/mol. The Balaban J connectivity index is -0.000000351. The van der Waals surface area contributed by atoms with Crippen molar-refractivity contribution in [3.8, 4) is 0 Å². The molecule has 6 N–H and O–H groups in total. The van der Waals surface area contributed by atoms with Crippen LogP contribution in [0.5, 0.6) is 0 Å². The van der Waals surface area contributed by atoms with E-state index in [1.807, 2.05) is 6.92 Å². The lowest BCUT2D eigenvalue weighted by atomic mass is 10.2. The Morgan fingerprint density at radius 2 is 1.62 bits per heavy atom. The fourth-order valence-corrected chi connectivity index (χ4v) is 1.12. The maximum absolute atomic E-state index is 10.7. The summed E-state index contributed by atoms with van der Waals surface area (Å²) < 4.78 is 4.95. The van der Waals surface area contributed by atoms with Gasteiger partial charge < -0.3 is 21.9 Å². The zero-order valence-corrected chi connectivity index (χ0v) is 15.0. The number of rotatable bonds is 7. The highest BCUT2D eigenvalue weighted by molar-refractivity contribution is 5.78. The number of ketones is 1. The fourth-order valence-electron chi connectivity index (χ4n) is 1.12. The summed E-state index contributed by atoms with van der Waals surface area (Å²) >= 11 is 0. The van der Waals surface area contributed by atoms with E-state index < -0.39 is 0 Å². The summed E-state index contributed by atoms with van der Waals surface area (Å²) in [4.78, 5) is 24.6. The number of hydrogen-bond acceptors (Lipinski definition) is 5. The molecular weight excluding hydrogens is 308 g/mol. The van der Waals surface area contributed by atoms with Crippen molar-refractivity contribution in [3.05, 3.63) is 48.8 Å². The van der Waals surface area contributed by atoms with Crippen LogP contribution in [0.1, 0.15) is 27.2 Å². The van der Waals surface area contributed by atoms with Crippen LogP contribution in [0, 0.1) is 0 Å². The number of carbonyl (C=O) groups is 2.